The van der Waals surface area contributed by atoms with E-state index in [-0.39, 0.29) is 0 Å². The molecule has 248 valence electrons. The molecule has 0 bridgehead atoms. The van der Waals surface area contributed by atoms with Gasteiger partial charge in [0.05, 0.1) is 25.8 Å². The number of unbranched alkanes of at least 4 members (excludes halogenated alkanes) is 4. The quantitative estimate of drug-likeness (QED) is 0.0713. The molecule has 5 rings (SSSR count). The summed E-state index contributed by atoms with van der Waals surface area (Å²) >= 11 is 0. The van der Waals surface area contributed by atoms with Gasteiger partial charge in [-0.15, -0.1) is 0 Å². The van der Waals surface area contributed by atoms with Gasteiger partial charge in [-0.2, -0.15) is 22.7 Å². The molecule has 1 nitrogen and oxygen atoms in total. The zero-order valence-corrected chi connectivity index (χ0v) is 29.9. The molecule has 0 aliphatic heterocycles. The molecule has 0 saturated heterocycles. The highest BCUT2D eigenvalue weighted by Gasteiger charge is 2.29. The summed E-state index contributed by atoms with van der Waals surface area (Å²) in [6.45, 7) is 14.5. The first kappa shape index (κ1) is 36.2. The van der Waals surface area contributed by atoms with Gasteiger partial charge >= 0.3 is 0 Å². The first-order valence-corrected chi connectivity index (χ1v) is 18.8. The lowest BCUT2D eigenvalue weighted by Gasteiger charge is -2.43. The number of quaternary nitrogens is 1. The Labute approximate surface area is 287 Å². The minimum atomic E-state index is -0.913. The largest absolute Gasteiger partial charge is 0.320 e. The lowest BCUT2D eigenvalue weighted by molar-refractivity contribution is -0.941. The maximum absolute atomic E-state index is 2.42. The van der Waals surface area contributed by atoms with Crippen LogP contribution >= 0.6 is 0 Å². The second kappa shape index (κ2) is 19.3. The van der Waals surface area contributed by atoms with Gasteiger partial charge < -0.3 is 4.48 Å². The lowest BCUT2D eigenvalue weighted by atomic mass is 9.14. The fourth-order valence-corrected chi connectivity index (χ4v) is 7.71. The standard InChI is InChI=1S/C23H36N.C22H24B/c1-4-7-16-24(17-8-5-2,18-9-6-3)20-21-14-15-22-12-10-11-13-23(22)19-21;1-2-3-19-23(20-13-7-4-8-14-20,21-15-9-5-10-16-21)22-17-11-6-12-18-22/h10-15,19H,4-9,16-18,20H2,1-3H3;4-18H,2-3,19H2,1H3/q+1;-1. The van der Waals surface area contributed by atoms with Crippen LogP contribution in [0.1, 0.15) is 84.6 Å². The average molecular weight is 626 g/mol. The summed E-state index contributed by atoms with van der Waals surface area (Å²) in [5, 5.41) is 2.74. The second-order valence-electron chi connectivity index (χ2n) is 13.8. The van der Waals surface area contributed by atoms with Crippen molar-refractivity contribution in [3.63, 3.8) is 0 Å². The third kappa shape index (κ3) is 9.94. The number of rotatable bonds is 17. The molecule has 0 saturated carbocycles. The average Bonchev–Trinajstić information content (AvgIpc) is 3.14. The summed E-state index contributed by atoms with van der Waals surface area (Å²) in [6.07, 6.45) is 10.7. The summed E-state index contributed by atoms with van der Waals surface area (Å²) in [5.74, 6) is 0. The maximum Gasteiger partial charge on any atom is 0.104 e. The first-order chi connectivity index (χ1) is 23.1. The number of benzene rings is 5. The molecule has 0 atom stereocenters. The summed E-state index contributed by atoms with van der Waals surface area (Å²) in [4.78, 5) is 0. The van der Waals surface area contributed by atoms with E-state index in [1.807, 2.05) is 0 Å². The third-order valence-corrected chi connectivity index (χ3v) is 10.4. The Hall–Kier alpha value is -3.62. The maximum atomic E-state index is 2.42. The monoisotopic (exact) mass is 625 g/mol. The molecule has 0 aliphatic carbocycles. The van der Waals surface area contributed by atoms with Gasteiger partial charge in [-0.3, -0.25) is 0 Å². The van der Waals surface area contributed by atoms with Gasteiger partial charge in [0.1, 0.15) is 6.54 Å². The SMILES string of the molecule is CCCC[B-](c1ccccc1)(c1ccccc1)c1ccccc1.CCCC[N+](CCCC)(CCCC)Cc1ccc2ccccc2c1. The van der Waals surface area contributed by atoms with E-state index in [4.69, 9.17) is 0 Å². The highest BCUT2D eigenvalue weighted by molar-refractivity contribution is 7.11. The van der Waals surface area contributed by atoms with E-state index in [0.29, 0.717) is 0 Å². The minimum Gasteiger partial charge on any atom is -0.320 e. The summed E-state index contributed by atoms with van der Waals surface area (Å²) in [5.41, 5.74) is 5.84. The van der Waals surface area contributed by atoms with E-state index in [2.05, 4.69) is 161 Å². The van der Waals surface area contributed by atoms with Crippen molar-refractivity contribution in [2.45, 2.75) is 91.9 Å². The lowest BCUT2D eigenvalue weighted by Crippen LogP contribution is -2.66. The molecule has 0 aromatic heterocycles. The Morgan fingerprint density at radius 1 is 0.426 bits per heavy atom. The highest BCUT2D eigenvalue weighted by atomic mass is 15.3. The molecule has 0 radical (unpaired) electrons. The van der Waals surface area contributed by atoms with Crippen LogP contribution in [0.25, 0.3) is 10.8 Å². The molecular weight excluding hydrogens is 565 g/mol. The van der Waals surface area contributed by atoms with Crippen molar-refractivity contribution in [1.82, 2.24) is 0 Å². The molecule has 0 heterocycles. The third-order valence-electron chi connectivity index (χ3n) is 10.4. The van der Waals surface area contributed by atoms with Crippen molar-refractivity contribution in [3.05, 3.63) is 139 Å². The fourth-order valence-electron chi connectivity index (χ4n) is 7.71. The van der Waals surface area contributed by atoms with Gasteiger partial charge in [0.15, 0.2) is 0 Å². The second-order valence-corrected chi connectivity index (χ2v) is 13.8. The van der Waals surface area contributed by atoms with E-state index in [9.17, 15) is 0 Å². The Morgan fingerprint density at radius 3 is 1.26 bits per heavy atom. The minimum absolute atomic E-state index is 0.913. The number of hydrogen-bond donors (Lipinski definition) is 0. The van der Waals surface area contributed by atoms with Crippen LogP contribution in [-0.2, 0) is 6.54 Å². The Kier molecular flexibility index (Phi) is 14.8. The number of hydrogen-bond acceptors (Lipinski definition) is 0. The zero-order valence-electron chi connectivity index (χ0n) is 29.9. The Balaban J connectivity index is 0.000000213. The molecule has 0 aliphatic rings. The summed E-state index contributed by atoms with van der Waals surface area (Å²) in [7, 11) is 0. The number of fused-ring (bicyclic) bond motifs is 1. The van der Waals surface area contributed by atoms with Crippen LogP contribution in [-0.4, -0.2) is 30.3 Å². The van der Waals surface area contributed by atoms with Crippen LogP contribution in [0.5, 0.6) is 0 Å². The van der Waals surface area contributed by atoms with Crippen LogP contribution in [0.4, 0.5) is 0 Å². The van der Waals surface area contributed by atoms with Gasteiger partial charge in [0.2, 0.25) is 0 Å². The molecular formula is C45H60BN. The molecule has 47 heavy (non-hydrogen) atoms. The van der Waals surface area contributed by atoms with Crippen LogP contribution in [0.15, 0.2) is 133 Å². The zero-order chi connectivity index (χ0) is 33.2. The number of nitrogens with zero attached hydrogens (tertiary/aromatic N) is 1. The Bertz CT molecular complexity index is 1430. The van der Waals surface area contributed by atoms with Crippen molar-refractivity contribution < 1.29 is 4.48 Å². The molecule has 0 unspecified atom stereocenters. The van der Waals surface area contributed by atoms with Crippen LogP contribution in [0, 0.1) is 0 Å². The van der Waals surface area contributed by atoms with Crippen molar-refractivity contribution >= 4 is 33.3 Å². The summed E-state index contributed by atoms with van der Waals surface area (Å²) in [6, 6.07) is 49.0. The van der Waals surface area contributed by atoms with Crippen LogP contribution in [0.2, 0.25) is 6.32 Å². The van der Waals surface area contributed by atoms with Crippen molar-refractivity contribution in [2.24, 2.45) is 0 Å². The predicted molar refractivity (Wildman–Crippen MR) is 211 cm³/mol. The van der Waals surface area contributed by atoms with Crippen molar-refractivity contribution in [3.8, 4) is 0 Å². The van der Waals surface area contributed by atoms with E-state index in [1.54, 1.807) is 0 Å². The van der Waals surface area contributed by atoms with Gasteiger partial charge in [-0.05, 0) is 36.1 Å². The van der Waals surface area contributed by atoms with Crippen LogP contribution in [0.3, 0.4) is 0 Å². The highest BCUT2D eigenvalue weighted by Crippen LogP contribution is 2.23. The smallest absolute Gasteiger partial charge is 0.104 e. The normalized spacial score (nSPS) is 11.7. The fraction of sp³-hybridized carbons (Fsp3) is 0.378. The molecule has 0 amide bonds. The summed E-state index contributed by atoms with van der Waals surface area (Å²) < 4.78 is 1.29. The topological polar surface area (TPSA) is 0 Å². The van der Waals surface area contributed by atoms with E-state index >= 15 is 0 Å². The molecule has 0 N–H and O–H groups in total. The van der Waals surface area contributed by atoms with Crippen molar-refractivity contribution in [2.75, 3.05) is 19.6 Å². The van der Waals surface area contributed by atoms with Gasteiger partial charge in [-0.1, -0.05) is 187 Å². The van der Waals surface area contributed by atoms with E-state index in [1.165, 1.54) is 121 Å². The molecule has 0 spiro atoms. The molecule has 2 heteroatoms. The molecule has 5 aromatic rings. The Morgan fingerprint density at radius 2 is 0.830 bits per heavy atom. The van der Waals surface area contributed by atoms with E-state index < -0.39 is 6.15 Å². The first-order valence-electron chi connectivity index (χ1n) is 18.8. The van der Waals surface area contributed by atoms with Gasteiger partial charge in [0.25, 0.3) is 0 Å². The molecule has 0 fully saturated rings. The van der Waals surface area contributed by atoms with Gasteiger partial charge in [-0.25, -0.2) is 0 Å². The van der Waals surface area contributed by atoms with E-state index in [0.717, 1.165) is 0 Å². The molecule has 5 aromatic carbocycles. The van der Waals surface area contributed by atoms with Crippen LogP contribution < -0.4 is 16.4 Å². The predicted octanol–water partition coefficient (Wildman–Crippen LogP) is 10.5. The van der Waals surface area contributed by atoms with Gasteiger partial charge in [0, 0.05) is 5.56 Å². The van der Waals surface area contributed by atoms with Crippen molar-refractivity contribution in [1.29, 1.82) is 0 Å².